The minimum absolute atomic E-state index is 0.117. The molecular formula is C23H34O2S2. The first kappa shape index (κ1) is 18.9. The van der Waals surface area contributed by atoms with Crippen LogP contribution in [0.25, 0.3) is 0 Å². The first-order valence-corrected chi connectivity index (χ1v) is 13.0. The summed E-state index contributed by atoms with van der Waals surface area (Å²) >= 11 is 4.61. The molecule has 150 valence electrons. The summed E-state index contributed by atoms with van der Waals surface area (Å²) in [6, 6.07) is 0. The van der Waals surface area contributed by atoms with Gasteiger partial charge in [-0.25, -0.2) is 0 Å². The molecule has 5 aliphatic rings. The molecule has 0 radical (unpaired) electrons. The van der Waals surface area contributed by atoms with Crippen LogP contribution >= 0.6 is 23.5 Å². The first-order valence-electron chi connectivity index (χ1n) is 11.0. The van der Waals surface area contributed by atoms with Gasteiger partial charge in [-0.1, -0.05) is 25.5 Å². The van der Waals surface area contributed by atoms with E-state index in [9.17, 15) is 4.79 Å². The first-order chi connectivity index (χ1) is 12.9. The zero-order chi connectivity index (χ0) is 18.9. The zero-order valence-corrected chi connectivity index (χ0v) is 18.7. The maximum atomic E-state index is 11.4. The summed E-state index contributed by atoms with van der Waals surface area (Å²) in [4.78, 5) is 11.4. The molecule has 0 unspecified atom stereocenters. The predicted octanol–water partition coefficient (Wildman–Crippen LogP) is 6.06. The highest BCUT2D eigenvalue weighted by atomic mass is 32.2. The quantitative estimate of drug-likeness (QED) is 0.391. The minimum Gasteiger partial charge on any atom is -0.462 e. The molecule has 6 atom stereocenters. The van der Waals surface area contributed by atoms with Gasteiger partial charge >= 0.3 is 5.97 Å². The largest absolute Gasteiger partial charge is 0.462 e. The number of rotatable bonds is 1. The third kappa shape index (κ3) is 2.64. The average Bonchev–Trinajstić information content (AvgIpc) is 3.21. The number of ether oxygens (including phenoxy) is 1. The molecule has 0 aromatic rings. The Hall–Kier alpha value is -0.0900. The van der Waals surface area contributed by atoms with Crippen LogP contribution in [0.2, 0.25) is 0 Å². The summed E-state index contributed by atoms with van der Waals surface area (Å²) in [5.74, 6) is 5.24. The smallest absolute Gasteiger partial charge is 0.302 e. The fourth-order valence-electron chi connectivity index (χ4n) is 7.85. The maximum absolute atomic E-state index is 11.4. The van der Waals surface area contributed by atoms with E-state index in [0.717, 1.165) is 30.6 Å². The number of carbonyl (C=O) groups excluding carboxylic acids is 1. The third-order valence-corrected chi connectivity index (χ3v) is 13.2. The van der Waals surface area contributed by atoms with Crippen molar-refractivity contribution in [3.05, 3.63) is 11.6 Å². The second-order valence-electron chi connectivity index (χ2n) is 10.2. The van der Waals surface area contributed by atoms with Gasteiger partial charge in [-0.05, 0) is 73.5 Å². The van der Waals surface area contributed by atoms with Crippen LogP contribution in [0, 0.1) is 28.6 Å². The molecule has 0 aromatic heterocycles. The van der Waals surface area contributed by atoms with Gasteiger partial charge in [0, 0.05) is 24.9 Å². The van der Waals surface area contributed by atoms with E-state index >= 15 is 0 Å². The Morgan fingerprint density at radius 3 is 2.56 bits per heavy atom. The van der Waals surface area contributed by atoms with Crippen LogP contribution in [0.3, 0.4) is 0 Å². The van der Waals surface area contributed by atoms with Crippen molar-refractivity contribution in [3.8, 4) is 0 Å². The van der Waals surface area contributed by atoms with Gasteiger partial charge in [0.05, 0.1) is 4.08 Å². The second-order valence-corrected chi connectivity index (χ2v) is 13.2. The summed E-state index contributed by atoms with van der Waals surface area (Å²) in [6.45, 7) is 6.76. The normalized spacial score (nSPS) is 47.7. The summed E-state index contributed by atoms with van der Waals surface area (Å²) in [5.41, 5.74) is 2.51. The van der Waals surface area contributed by atoms with Gasteiger partial charge in [-0.3, -0.25) is 4.79 Å². The van der Waals surface area contributed by atoms with Crippen LogP contribution in [0.1, 0.15) is 72.1 Å². The Kier molecular flexibility index (Phi) is 4.52. The van der Waals surface area contributed by atoms with Crippen molar-refractivity contribution >= 4 is 29.5 Å². The number of hydrogen-bond donors (Lipinski definition) is 0. The van der Waals surface area contributed by atoms with E-state index < -0.39 is 0 Å². The average molecular weight is 407 g/mol. The van der Waals surface area contributed by atoms with Crippen LogP contribution in [-0.2, 0) is 9.53 Å². The zero-order valence-electron chi connectivity index (χ0n) is 17.1. The van der Waals surface area contributed by atoms with Crippen molar-refractivity contribution in [2.45, 2.75) is 82.3 Å². The van der Waals surface area contributed by atoms with Crippen LogP contribution in [0.5, 0.6) is 0 Å². The Balaban J connectivity index is 1.41. The molecule has 1 saturated heterocycles. The molecule has 3 saturated carbocycles. The summed E-state index contributed by atoms with van der Waals surface area (Å²) in [5, 5.41) is 0. The highest BCUT2D eigenvalue weighted by Crippen LogP contribution is 2.73. The minimum atomic E-state index is -0.117. The predicted molar refractivity (Wildman–Crippen MR) is 115 cm³/mol. The molecular weight excluding hydrogens is 372 g/mol. The van der Waals surface area contributed by atoms with E-state index in [1.807, 2.05) is 0 Å². The van der Waals surface area contributed by atoms with Crippen molar-refractivity contribution in [2.24, 2.45) is 28.6 Å². The number of thioether (sulfide) groups is 2. The monoisotopic (exact) mass is 406 g/mol. The number of hydrogen-bond acceptors (Lipinski definition) is 4. The van der Waals surface area contributed by atoms with Crippen LogP contribution < -0.4 is 0 Å². The lowest BCUT2D eigenvalue weighted by Crippen LogP contribution is -2.52. The fraction of sp³-hybridized carbons (Fsp3) is 0.870. The third-order valence-electron chi connectivity index (χ3n) is 9.19. The Morgan fingerprint density at radius 1 is 1.07 bits per heavy atom. The van der Waals surface area contributed by atoms with Gasteiger partial charge in [-0.15, -0.1) is 23.5 Å². The van der Waals surface area contributed by atoms with Crippen molar-refractivity contribution in [1.29, 1.82) is 0 Å². The van der Waals surface area contributed by atoms with Gasteiger partial charge in [0.25, 0.3) is 0 Å². The summed E-state index contributed by atoms with van der Waals surface area (Å²) in [7, 11) is 0. The lowest BCUT2D eigenvalue weighted by molar-refractivity contribution is -0.148. The molecule has 0 N–H and O–H groups in total. The molecule has 4 fully saturated rings. The second kappa shape index (κ2) is 6.45. The van der Waals surface area contributed by atoms with Gasteiger partial charge in [0.2, 0.25) is 0 Å². The standard InChI is InChI=1S/C23H34O2S2/c1-15(24)25-17-6-9-21(2)16(14-17)4-5-18-19(21)7-10-22(3)20(18)8-11-23(22)26-12-13-27-23/h4,17-20H,5-14H2,1-3H3/t17-,18+,19-,20-,21+,22+/m1/s1. The number of allylic oxidation sites excluding steroid dienone is 1. The molecule has 5 rings (SSSR count). The molecule has 4 aliphatic carbocycles. The summed E-state index contributed by atoms with van der Waals surface area (Å²) < 4.78 is 6.11. The SMILES string of the molecule is CC(=O)O[C@@H]1CC[C@@]2(C)C(=CC[C@H]3[C@H]2CC[C@@]2(C)[C@@H]3CCC23SCCS3)C1. The lowest BCUT2D eigenvalue weighted by Gasteiger charge is -2.59. The Morgan fingerprint density at radius 2 is 1.81 bits per heavy atom. The Bertz CT molecular complexity index is 667. The number of carbonyl (C=O) groups is 1. The van der Waals surface area contributed by atoms with Gasteiger partial charge in [0.15, 0.2) is 0 Å². The molecule has 4 heteroatoms. The highest BCUT2D eigenvalue weighted by molar-refractivity contribution is 8.21. The van der Waals surface area contributed by atoms with E-state index in [0.29, 0.717) is 14.9 Å². The maximum Gasteiger partial charge on any atom is 0.302 e. The molecule has 0 bridgehead atoms. The van der Waals surface area contributed by atoms with E-state index in [1.165, 1.54) is 50.0 Å². The molecule has 27 heavy (non-hydrogen) atoms. The van der Waals surface area contributed by atoms with E-state index in [2.05, 4.69) is 43.4 Å². The van der Waals surface area contributed by atoms with Crippen LogP contribution in [-0.4, -0.2) is 27.7 Å². The van der Waals surface area contributed by atoms with E-state index in [-0.39, 0.29) is 12.1 Å². The van der Waals surface area contributed by atoms with Crippen molar-refractivity contribution < 1.29 is 9.53 Å². The Labute approximate surface area is 173 Å². The molecule has 1 spiro atoms. The lowest BCUT2D eigenvalue weighted by atomic mass is 9.48. The highest BCUT2D eigenvalue weighted by Gasteiger charge is 2.65. The topological polar surface area (TPSA) is 26.3 Å². The van der Waals surface area contributed by atoms with E-state index in [4.69, 9.17) is 4.74 Å². The number of fused-ring (bicyclic) bond motifs is 6. The number of esters is 1. The molecule has 0 aromatic carbocycles. The molecule has 1 heterocycles. The van der Waals surface area contributed by atoms with Crippen molar-refractivity contribution in [1.82, 2.24) is 0 Å². The van der Waals surface area contributed by atoms with Crippen molar-refractivity contribution in [2.75, 3.05) is 11.5 Å². The van der Waals surface area contributed by atoms with Crippen LogP contribution in [0.15, 0.2) is 11.6 Å². The van der Waals surface area contributed by atoms with Gasteiger partial charge in [0.1, 0.15) is 6.10 Å². The van der Waals surface area contributed by atoms with E-state index in [1.54, 1.807) is 12.5 Å². The van der Waals surface area contributed by atoms with Crippen molar-refractivity contribution in [3.63, 3.8) is 0 Å². The van der Waals surface area contributed by atoms with Crippen LogP contribution in [0.4, 0.5) is 0 Å². The molecule has 1 aliphatic heterocycles. The molecule has 2 nitrogen and oxygen atoms in total. The fourth-order valence-corrected chi connectivity index (χ4v) is 11.7. The molecule has 0 amide bonds. The summed E-state index contributed by atoms with van der Waals surface area (Å²) in [6.07, 6.45) is 12.9. The van der Waals surface area contributed by atoms with Gasteiger partial charge in [-0.2, -0.15) is 0 Å². The van der Waals surface area contributed by atoms with Gasteiger partial charge < -0.3 is 4.74 Å².